The summed E-state index contributed by atoms with van der Waals surface area (Å²) in [6.45, 7) is 8.96. The van der Waals surface area contributed by atoms with Gasteiger partial charge < -0.3 is 18.6 Å². The molecule has 2 aromatic heterocycles. The molecule has 2 aliphatic carbocycles. The highest BCUT2D eigenvalue weighted by Crippen LogP contribution is 2.55. The zero-order valence-corrected chi connectivity index (χ0v) is 41.9. The van der Waals surface area contributed by atoms with Crippen LogP contribution in [0.25, 0.3) is 76.2 Å². The lowest BCUT2D eigenvalue weighted by molar-refractivity contribution is 0.445. The van der Waals surface area contributed by atoms with E-state index in [2.05, 4.69) is 195 Å². The van der Waals surface area contributed by atoms with Crippen molar-refractivity contribution >= 4 is 110 Å². The molecule has 4 heteroatoms. The maximum absolute atomic E-state index is 6.96. The maximum atomic E-state index is 6.96. The van der Waals surface area contributed by atoms with Crippen molar-refractivity contribution in [2.24, 2.45) is 0 Å². The molecule has 2 saturated carbocycles. The number of anilines is 6. The summed E-state index contributed by atoms with van der Waals surface area (Å²) < 4.78 is 13.9. The number of fused-ring (bicyclic) bond motifs is 6. The molecular formula is C68H60N2O2. The molecule has 0 saturated heterocycles. The molecule has 14 rings (SSSR count). The minimum atomic E-state index is 0.458. The highest BCUT2D eigenvalue weighted by Gasteiger charge is 2.31. The molecule has 0 atom stereocenters. The predicted octanol–water partition coefficient (Wildman–Crippen LogP) is 20.7. The van der Waals surface area contributed by atoms with Crippen molar-refractivity contribution in [1.82, 2.24) is 0 Å². The molecule has 0 amide bonds. The van der Waals surface area contributed by atoms with E-state index in [9.17, 15) is 0 Å². The third-order valence-corrected chi connectivity index (χ3v) is 16.9. The Bertz CT molecular complexity index is 3820. The van der Waals surface area contributed by atoms with E-state index in [1.165, 1.54) is 153 Å². The summed E-state index contributed by atoms with van der Waals surface area (Å²) in [5.74, 6) is 0.916. The van der Waals surface area contributed by atoms with Crippen molar-refractivity contribution in [1.29, 1.82) is 0 Å². The first kappa shape index (κ1) is 43.2. The van der Waals surface area contributed by atoms with Gasteiger partial charge in [0.25, 0.3) is 0 Å². The third kappa shape index (κ3) is 6.78. The monoisotopic (exact) mass is 936 g/mol. The summed E-state index contributed by atoms with van der Waals surface area (Å²) in [7, 11) is 0. The van der Waals surface area contributed by atoms with Gasteiger partial charge in [-0.25, -0.2) is 0 Å². The Kier molecular flexibility index (Phi) is 10.2. The van der Waals surface area contributed by atoms with Crippen LogP contribution in [0.5, 0.6) is 0 Å². The van der Waals surface area contributed by atoms with Gasteiger partial charge in [-0.2, -0.15) is 0 Å². The Labute approximate surface area is 421 Å². The average molecular weight is 937 g/mol. The van der Waals surface area contributed by atoms with E-state index in [-0.39, 0.29) is 0 Å². The SMILES string of the molecule is Cc1ccc(N(c2cc(C3CCCCC3)c3ccc4c(N(c5ccc(C)cc5C)c5cccc6c5oc5ccccc56)cc(C5CCCCC5)c5ccc2c3c54)c2cccc3c2oc2ccccc23)c(C)c1. The highest BCUT2D eigenvalue weighted by atomic mass is 16.3. The molecule has 0 aliphatic heterocycles. The summed E-state index contributed by atoms with van der Waals surface area (Å²) in [5, 5.41) is 12.6. The standard InChI is InChI=1S/C68H60N2O2/c1-41-29-35-57(43(3)37-41)69(59-25-15-23-51-47-21-11-13-27-63(47)71-67(51)59)61-39-55(45-17-7-5-8-18-45)49-32-34-54-62(40-56(46-19-9-6-10-20-46)50-31-33-53(61)65(49)66(50)54)70(58-36-30-42(2)38-44(58)4)60-26-16-24-52-48-22-12-14-28-64(48)72-68(52)60/h11-16,21-40,45-46H,5-10,17-20H2,1-4H3. The minimum absolute atomic E-state index is 0.458. The van der Waals surface area contributed by atoms with Crippen molar-refractivity contribution in [2.75, 3.05) is 9.80 Å². The molecule has 2 aliphatic rings. The van der Waals surface area contributed by atoms with Crippen LogP contribution in [0.4, 0.5) is 34.1 Å². The highest BCUT2D eigenvalue weighted by molar-refractivity contribution is 6.30. The lowest BCUT2D eigenvalue weighted by atomic mass is 9.77. The molecule has 72 heavy (non-hydrogen) atoms. The Balaban J connectivity index is 1.13. The molecule has 4 nitrogen and oxygen atoms in total. The van der Waals surface area contributed by atoms with Gasteiger partial charge in [-0.3, -0.25) is 0 Å². The molecule has 0 bridgehead atoms. The molecule has 10 aromatic carbocycles. The number of nitrogens with zero attached hydrogens (tertiary/aromatic N) is 2. The van der Waals surface area contributed by atoms with Gasteiger partial charge in [0.15, 0.2) is 11.2 Å². The zero-order valence-electron chi connectivity index (χ0n) is 41.9. The number of aryl methyl sites for hydroxylation is 4. The molecular weight excluding hydrogens is 877 g/mol. The summed E-state index contributed by atoms with van der Waals surface area (Å²) >= 11 is 0. The van der Waals surface area contributed by atoms with Gasteiger partial charge in [-0.15, -0.1) is 0 Å². The molecule has 12 aromatic rings. The second kappa shape index (κ2) is 17.1. The van der Waals surface area contributed by atoms with Crippen LogP contribution in [-0.2, 0) is 0 Å². The lowest BCUT2D eigenvalue weighted by Gasteiger charge is -2.34. The van der Waals surface area contributed by atoms with Gasteiger partial charge in [-0.1, -0.05) is 159 Å². The lowest BCUT2D eigenvalue weighted by Crippen LogP contribution is -2.15. The Morgan fingerprint density at radius 3 is 1.17 bits per heavy atom. The summed E-state index contributed by atoms with van der Waals surface area (Å²) in [5.41, 5.74) is 18.4. The molecule has 354 valence electrons. The quantitative estimate of drug-likeness (QED) is 0.142. The van der Waals surface area contributed by atoms with E-state index in [4.69, 9.17) is 8.83 Å². The van der Waals surface area contributed by atoms with Gasteiger partial charge in [0, 0.05) is 43.7 Å². The van der Waals surface area contributed by atoms with E-state index in [0.29, 0.717) is 11.8 Å². The predicted molar refractivity (Wildman–Crippen MR) is 305 cm³/mol. The average Bonchev–Trinajstić information content (AvgIpc) is 4.00. The first-order valence-corrected chi connectivity index (χ1v) is 26.7. The zero-order chi connectivity index (χ0) is 48.2. The van der Waals surface area contributed by atoms with Crippen molar-refractivity contribution < 1.29 is 8.83 Å². The minimum Gasteiger partial charge on any atom is -0.454 e. The van der Waals surface area contributed by atoms with Gasteiger partial charge in [0.05, 0.1) is 22.7 Å². The van der Waals surface area contributed by atoms with Crippen LogP contribution in [-0.4, -0.2) is 0 Å². The van der Waals surface area contributed by atoms with Crippen LogP contribution in [0.2, 0.25) is 0 Å². The van der Waals surface area contributed by atoms with E-state index in [1.54, 1.807) is 0 Å². The van der Waals surface area contributed by atoms with Gasteiger partial charge in [0.2, 0.25) is 0 Å². The number of rotatable bonds is 8. The summed E-state index contributed by atoms with van der Waals surface area (Å²) in [4.78, 5) is 5.12. The second-order valence-electron chi connectivity index (χ2n) is 21.5. The van der Waals surface area contributed by atoms with Gasteiger partial charge >= 0.3 is 0 Å². The number of hydrogen-bond donors (Lipinski definition) is 0. The van der Waals surface area contributed by atoms with E-state index >= 15 is 0 Å². The van der Waals surface area contributed by atoms with Crippen LogP contribution in [0.15, 0.2) is 167 Å². The normalized spacial score (nSPS) is 15.1. The smallest absolute Gasteiger partial charge is 0.159 e. The fourth-order valence-electron chi connectivity index (χ4n) is 13.6. The van der Waals surface area contributed by atoms with Crippen molar-refractivity contribution in [3.63, 3.8) is 0 Å². The summed E-state index contributed by atoms with van der Waals surface area (Å²) in [6, 6.07) is 59.6. The van der Waals surface area contributed by atoms with Crippen LogP contribution in [0.3, 0.4) is 0 Å². The number of benzene rings is 10. The molecule has 0 N–H and O–H groups in total. The van der Waals surface area contributed by atoms with E-state index < -0.39 is 0 Å². The molecule has 2 heterocycles. The number of furan rings is 2. The number of hydrogen-bond acceptors (Lipinski definition) is 4. The third-order valence-electron chi connectivity index (χ3n) is 16.9. The van der Waals surface area contributed by atoms with Crippen molar-refractivity contribution in [3.8, 4) is 0 Å². The van der Waals surface area contributed by atoms with E-state index in [1.807, 2.05) is 0 Å². The maximum Gasteiger partial charge on any atom is 0.159 e. The molecule has 2 fully saturated rings. The molecule has 0 radical (unpaired) electrons. The Morgan fingerprint density at radius 2 is 0.736 bits per heavy atom. The number of para-hydroxylation sites is 4. The topological polar surface area (TPSA) is 32.8 Å². The summed E-state index contributed by atoms with van der Waals surface area (Å²) in [6.07, 6.45) is 12.4. The van der Waals surface area contributed by atoms with Crippen LogP contribution < -0.4 is 9.80 Å². The first-order valence-electron chi connectivity index (χ1n) is 26.7. The second-order valence-corrected chi connectivity index (χ2v) is 21.5. The fourth-order valence-corrected chi connectivity index (χ4v) is 13.6. The van der Waals surface area contributed by atoms with Crippen LogP contribution >= 0.6 is 0 Å². The Morgan fingerprint density at radius 1 is 0.333 bits per heavy atom. The van der Waals surface area contributed by atoms with Crippen LogP contribution in [0, 0.1) is 27.7 Å². The first-order chi connectivity index (χ1) is 35.4. The van der Waals surface area contributed by atoms with Gasteiger partial charge in [-0.05, 0) is 158 Å². The van der Waals surface area contributed by atoms with Crippen molar-refractivity contribution in [3.05, 3.63) is 191 Å². The van der Waals surface area contributed by atoms with Crippen LogP contribution in [0.1, 0.15) is 109 Å². The molecule has 0 unspecified atom stereocenters. The van der Waals surface area contributed by atoms with Crippen molar-refractivity contribution in [2.45, 2.75) is 104 Å². The Hall–Kier alpha value is -7.56. The van der Waals surface area contributed by atoms with E-state index in [0.717, 1.165) is 55.3 Å². The molecule has 0 spiro atoms. The van der Waals surface area contributed by atoms with Gasteiger partial charge in [0.1, 0.15) is 11.2 Å². The fraction of sp³-hybridized carbons (Fsp3) is 0.235. The largest absolute Gasteiger partial charge is 0.454 e.